The van der Waals surface area contributed by atoms with Gasteiger partial charge in [0.2, 0.25) is 5.95 Å². The number of rotatable bonds is 2. The van der Waals surface area contributed by atoms with Crippen LogP contribution in [-0.2, 0) is 0 Å². The summed E-state index contributed by atoms with van der Waals surface area (Å²) in [6.07, 6.45) is 3.47. The lowest BCUT2D eigenvalue weighted by molar-refractivity contribution is 0.0746. The molecule has 1 amide bonds. The second-order valence-corrected chi connectivity index (χ2v) is 5.86. The molecule has 0 unspecified atom stereocenters. The maximum absolute atomic E-state index is 13.0. The Morgan fingerprint density at radius 3 is 2.50 bits per heavy atom. The lowest BCUT2D eigenvalue weighted by Crippen LogP contribution is -2.49. The van der Waals surface area contributed by atoms with Gasteiger partial charge in [-0.25, -0.2) is 9.97 Å². The Bertz CT molecular complexity index is 867. The fraction of sp³-hybridized carbons (Fsp3) is 0.278. The van der Waals surface area contributed by atoms with Crippen LogP contribution in [0.5, 0.6) is 0 Å². The van der Waals surface area contributed by atoms with Crippen LogP contribution >= 0.6 is 0 Å². The maximum atomic E-state index is 13.0. The van der Waals surface area contributed by atoms with E-state index >= 15 is 0 Å². The fourth-order valence-electron chi connectivity index (χ4n) is 3.16. The van der Waals surface area contributed by atoms with E-state index in [2.05, 4.69) is 14.9 Å². The number of aromatic nitrogens is 2. The molecule has 0 aliphatic carbocycles. The van der Waals surface area contributed by atoms with Gasteiger partial charge in [-0.1, -0.05) is 18.2 Å². The Labute approximate surface area is 139 Å². The average Bonchev–Trinajstić information content (AvgIpc) is 2.98. The van der Waals surface area contributed by atoms with Crippen LogP contribution in [0.4, 0.5) is 5.95 Å². The van der Waals surface area contributed by atoms with Crippen molar-refractivity contribution in [3.05, 3.63) is 54.0 Å². The second-order valence-electron chi connectivity index (χ2n) is 5.86. The van der Waals surface area contributed by atoms with Crippen LogP contribution < -0.4 is 4.90 Å². The largest absolute Gasteiger partial charge is 0.461 e. The quantitative estimate of drug-likeness (QED) is 0.725. The number of para-hydroxylation sites is 1. The minimum absolute atomic E-state index is 0.0334. The lowest BCUT2D eigenvalue weighted by atomic mass is 10.1. The molecular formula is C18H18N4O2. The average molecular weight is 322 g/mol. The molecular weight excluding hydrogens is 304 g/mol. The van der Waals surface area contributed by atoms with E-state index < -0.39 is 0 Å². The van der Waals surface area contributed by atoms with E-state index in [9.17, 15) is 4.79 Å². The summed E-state index contributed by atoms with van der Waals surface area (Å²) in [6.45, 7) is 4.60. The molecule has 6 nitrogen and oxygen atoms in total. The van der Waals surface area contributed by atoms with Gasteiger partial charge in [-0.05, 0) is 19.1 Å². The lowest BCUT2D eigenvalue weighted by Gasteiger charge is -2.34. The van der Waals surface area contributed by atoms with Gasteiger partial charge in [0, 0.05) is 44.0 Å². The summed E-state index contributed by atoms with van der Waals surface area (Å²) in [4.78, 5) is 25.5. The van der Waals surface area contributed by atoms with Gasteiger partial charge in [-0.15, -0.1) is 0 Å². The van der Waals surface area contributed by atoms with E-state index in [1.165, 1.54) is 0 Å². The summed E-state index contributed by atoms with van der Waals surface area (Å²) in [5.41, 5.74) is 1.43. The number of anilines is 1. The van der Waals surface area contributed by atoms with Gasteiger partial charge in [0.05, 0.1) is 5.56 Å². The Balaban J connectivity index is 1.53. The fourth-order valence-corrected chi connectivity index (χ4v) is 3.16. The van der Waals surface area contributed by atoms with E-state index in [0.29, 0.717) is 24.4 Å². The smallest absolute Gasteiger partial charge is 0.258 e. The first-order valence-electron chi connectivity index (χ1n) is 8.03. The molecule has 0 bridgehead atoms. The molecule has 1 fully saturated rings. The summed E-state index contributed by atoms with van der Waals surface area (Å²) < 4.78 is 5.72. The van der Waals surface area contributed by atoms with Crippen molar-refractivity contribution in [3.63, 3.8) is 0 Å². The van der Waals surface area contributed by atoms with Gasteiger partial charge in [-0.3, -0.25) is 4.79 Å². The highest BCUT2D eigenvalue weighted by Crippen LogP contribution is 2.27. The number of piperazine rings is 1. The molecule has 0 spiro atoms. The Morgan fingerprint density at radius 2 is 1.75 bits per heavy atom. The number of aryl methyl sites for hydroxylation is 1. The predicted molar refractivity (Wildman–Crippen MR) is 91.1 cm³/mol. The minimum atomic E-state index is 0.0334. The van der Waals surface area contributed by atoms with Gasteiger partial charge in [0.25, 0.3) is 5.91 Å². The molecule has 6 heteroatoms. The first-order valence-corrected chi connectivity index (χ1v) is 8.03. The highest BCUT2D eigenvalue weighted by molar-refractivity contribution is 6.07. The summed E-state index contributed by atoms with van der Waals surface area (Å²) >= 11 is 0. The number of benzene rings is 1. The minimum Gasteiger partial charge on any atom is -0.461 e. The van der Waals surface area contributed by atoms with Crippen molar-refractivity contribution in [2.75, 3.05) is 31.1 Å². The SMILES string of the molecule is Cc1oc2ccccc2c1C(=O)N1CCN(c2ncccn2)CC1. The van der Waals surface area contributed by atoms with Crippen molar-refractivity contribution >= 4 is 22.8 Å². The van der Waals surface area contributed by atoms with Crippen molar-refractivity contribution in [2.24, 2.45) is 0 Å². The predicted octanol–water partition coefficient (Wildman–Crippen LogP) is 2.49. The molecule has 3 heterocycles. The normalized spacial score (nSPS) is 15.0. The summed E-state index contributed by atoms with van der Waals surface area (Å²) in [6, 6.07) is 9.48. The standard InChI is InChI=1S/C18H18N4O2/c1-13-16(14-5-2-3-6-15(14)24-13)17(23)21-9-11-22(12-10-21)18-19-7-4-8-20-18/h2-8H,9-12H2,1H3. The van der Waals surface area contributed by atoms with Crippen molar-refractivity contribution in [1.82, 2.24) is 14.9 Å². The van der Waals surface area contributed by atoms with E-state index in [0.717, 1.165) is 30.0 Å². The first-order chi connectivity index (χ1) is 11.7. The molecule has 1 aliphatic heterocycles. The van der Waals surface area contributed by atoms with Crippen molar-refractivity contribution in [2.45, 2.75) is 6.92 Å². The van der Waals surface area contributed by atoms with Crippen molar-refractivity contribution in [1.29, 1.82) is 0 Å². The highest BCUT2D eigenvalue weighted by atomic mass is 16.3. The molecule has 0 radical (unpaired) electrons. The number of carbonyl (C=O) groups is 1. The molecule has 3 aromatic rings. The molecule has 2 aromatic heterocycles. The van der Waals surface area contributed by atoms with Crippen LogP contribution in [-0.4, -0.2) is 47.0 Å². The summed E-state index contributed by atoms with van der Waals surface area (Å²) in [5, 5.41) is 0.883. The number of furan rings is 1. The summed E-state index contributed by atoms with van der Waals surface area (Å²) in [5.74, 6) is 1.43. The third kappa shape index (κ3) is 2.50. The molecule has 1 aromatic carbocycles. The van der Waals surface area contributed by atoms with Crippen LogP contribution in [0.3, 0.4) is 0 Å². The molecule has 0 saturated carbocycles. The van der Waals surface area contributed by atoms with Crippen molar-refractivity contribution < 1.29 is 9.21 Å². The molecule has 4 rings (SSSR count). The van der Waals surface area contributed by atoms with Crippen LogP contribution in [0.2, 0.25) is 0 Å². The first kappa shape index (κ1) is 14.7. The third-order valence-electron chi connectivity index (χ3n) is 4.39. The van der Waals surface area contributed by atoms with E-state index in [-0.39, 0.29) is 5.91 Å². The number of hydrogen-bond acceptors (Lipinski definition) is 5. The van der Waals surface area contributed by atoms with Gasteiger partial charge < -0.3 is 14.2 Å². The van der Waals surface area contributed by atoms with Gasteiger partial charge in [0.15, 0.2) is 0 Å². The van der Waals surface area contributed by atoms with Gasteiger partial charge in [0.1, 0.15) is 11.3 Å². The van der Waals surface area contributed by atoms with E-state index in [1.807, 2.05) is 36.1 Å². The number of hydrogen-bond donors (Lipinski definition) is 0. The second kappa shape index (κ2) is 5.96. The van der Waals surface area contributed by atoms with Crippen LogP contribution in [0.25, 0.3) is 11.0 Å². The van der Waals surface area contributed by atoms with Crippen molar-refractivity contribution in [3.8, 4) is 0 Å². The molecule has 122 valence electrons. The molecule has 0 N–H and O–H groups in total. The Hall–Kier alpha value is -2.89. The van der Waals surface area contributed by atoms with E-state index in [4.69, 9.17) is 4.42 Å². The molecule has 0 atom stereocenters. The Morgan fingerprint density at radius 1 is 1.04 bits per heavy atom. The maximum Gasteiger partial charge on any atom is 0.258 e. The topological polar surface area (TPSA) is 62.5 Å². The molecule has 1 saturated heterocycles. The zero-order valence-electron chi connectivity index (χ0n) is 13.5. The van der Waals surface area contributed by atoms with Crippen LogP contribution in [0.1, 0.15) is 16.1 Å². The van der Waals surface area contributed by atoms with Gasteiger partial charge in [-0.2, -0.15) is 0 Å². The number of nitrogens with zero attached hydrogens (tertiary/aromatic N) is 4. The van der Waals surface area contributed by atoms with Crippen LogP contribution in [0, 0.1) is 6.92 Å². The summed E-state index contributed by atoms with van der Waals surface area (Å²) in [7, 11) is 0. The zero-order chi connectivity index (χ0) is 16.5. The molecule has 1 aliphatic rings. The van der Waals surface area contributed by atoms with E-state index in [1.54, 1.807) is 18.5 Å². The molecule has 24 heavy (non-hydrogen) atoms. The van der Waals surface area contributed by atoms with Gasteiger partial charge >= 0.3 is 0 Å². The van der Waals surface area contributed by atoms with Crippen LogP contribution in [0.15, 0.2) is 47.1 Å². The number of amides is 1. The third-order valence-corrected chi connectivity index (χ3v) is 4.39. The number of fused-ring (bicyclic) bond motifs is 1. The highest BCUT2D eigenvalue weighted by Gasteiger charge is 2.27. The zero-order valence-corrected chi connectivity index (χ0v) is 13.5. The Kier molecular flexibility index (Phi) is 3.65. The monoisotopic (exact) mass is 322 g/mol. The number of carbonyl (C=O) groups excluding carboxylic acids is 1.